The lowest BCUT2D eigenvalue weighted by Crippen LogP contribution is -2.37. The largest absolute Gasteiger partial charge is 0.380 e. The van der Waals surface area contributed by atoms with Crippen LogP contribution in [-0.4, -0.2) is 61.0 Å². The molecule has 0 aliphatic carbocycles. The van der Waals surface area contributed by atoms with Crippen molar-refractivity contribution < 1.29 is 14.3 Å². The zero-order chi connectivity index (χ0) is 14.9. The zero-order valence-corrected chi connectivity index (χ0v) is 13.0. The van der Waals surface area contributed by atoms with Gasteiger partial charge in [-0.05, 0) is 38.5 Å². The summed E-state index contributed by atoms with van der Waals surface area (Å²) in [6, 6.07) is 0. The van der Waals surface area contributed by atoms with Crippen LogP contribution in [0.15, 0.2) is 0 Å². The van der Waals surface area contributed by atoms with Crippen LogP contribution in [0.3, 0.4) is 0 Å². The Morgan fingerprint density at radius 3 is 2.00 bits per heavy atom. The Morgan fingerprint density at radius 2 is 1.38 bits per heavy atom. The van der Waals surface area contributed by atoms with E-state index in [1.807, 2.05) is 9.80 Å². The normalized spacial score (nSPS) is 20.2. The predicted molar refractivity (Wildman–Crippen MR) is 80.9 cm³/mol. The molecular weight excluding hydrogens is 268 g/mol. The maximum atomic E-state index is 11.6. The summed E-state index contributed by atoms with van der Waals surface area (Å²) in [5.41, 5.74) is 0. The lowest BCUT2D eigenvalue weighted by atomic mass is 10.1. The molecule has 0 atom stereocenters. The Bertz CT molecular complexity index is 314. The molecule has 0 unspecified atom stereocenters. The SMILES string of the molecule is O=C1CCCCN1CCCCOCCN1CCCCC1=O. The van der Waals surface area contributed by atoms with E-state index in [0.717, 1.165) is 77.7 Å². The van der Waals surface area contributed by atoms with Gasteiger partial charge in [-0.25, -0.2) is 0 Å². The molecule has 2 aliphatic rings. The highest BCUT2D eigenvalue weighted by Gasteiger charge is 2.18. The van der Waals surface area contributed by atoms with Gasteiger partial charge in [0.25, 0.3) is 0 Å². The van der Waals surface area contributed by atoms with Crippen LogP contribution in [0, 0.1) is 0 Å². The number of rotatable bonds is 8. The van der Waals surface area contributed by atoms with Crippen molar-refractivity contribution in [2.45, 2.75) is 51.4 Å². The van der Waals surface area contributed by atoms with Crippen LogP contribution in [0.1, 0.15) is 51.4 Å². The first-order valence-corrected chi connectivity index (χ1v) is 8.40. The fourth-order valence-electron chi connectivity index (χ4n) is 2.98. The molecule has 0 aromatic rings. The maximum absolute atomic E-state index is 11.6. The third kappa shape index (κ3) is 5.65. The maximum Gasteiger partial charge on any atom is 0.222 e. The molecule has 0 aromatic heterocycles. The molecule has 2 aliphatic heterocycles. The Balaban J connectivity index is 1.45. The minimum absolute atomic E-state index is 0.272. The summed E-state index contributed by atoms with van der Waals surface area (Å²) in [6.07, 6.45) is 7.76. The van der Waals surface area contributed by atoms with Crippen molar-refractivity contribution in [3.05, 3.63) is 0 Å². The standard InChI is InChI=1S/C16H28N2O3/c19-15-7-1-3-9-17(15)11-5-6-13-21-14-12-18-10-4-2-8-16(18)20/h1-14H2. The Morgan fingerprint density at radius 1 is 0.762 bits per heavy atom. The topological polar surface area (TPSA) is 49.9 Å². The van der Waals surface area contributed by atoms with Crippen LogP contribution in [0.4, 0.5) is 0 Å². The van der Waals surface area contributed by atoms with Crippen LogP contribution in [-0.2, 0) is 14.3 Å². The van der Waals surface area contributed by atoms with E-state index in [9.17, 15) is 9.59 Å². The van der Waals surface area contributed by atoms with Crippen LogP contribution >= 0.6 is 0 Å². The van der Waals surface area contributed by atoms with Gasteiger partial charge in [0.15, 0.2) is 0 Å². The number of hydrogen-bond acceptors (Lipinski definition) is 3. The second kappa shape index (κ2) is 9.03. The van der Waals surface area contributed by atoms with Gasteiger partial charge in [-0.1, -0.05) is 0 Å². The van der Waals surface area contributed by atoms with Gasteiger partial charge in [0, 0.05) is 45.6 Å². The number of nitrogens with zero attached hydrogens (tertiary/aromatic N) is 2. The number of hydrogen-bond donors (Lipinski definition) is 0. The molecule has 2 fully saturated rings. The molecule has 0 aromatic carbocycles. The summed E-state index contributed by atoms with van der Waals surface area (Å²) in [5, 5.41) is 0. The molecule has 2 heterocycles. The second-order valence-corrected chi connectivity index (χ2v) is 6.00. The van der Waals surface area contributed by atoms with E-state index in [2.05, 4.69) is 0 Å². The first-order chi connectivity index (χ1) is 10.3. The van der Waals surface area contributed by atoms with Crippen molar-refractivity contribution in [3.8, 4) is 0 Å². The van der Waals surface area contributed by atoms with Crippen molar-refractivity contribution in [2.75, 3.05) is 39.4 Å². The number of amides is 2. The van der Waals surface area contributed by atoms with E-state index >= 15 is 0 Å². The van der Waals surface area contributed by atoms with E-state index in [1.54, 1.807) is 0 Å². The molecule has 0 bridgehead atoms. The van der Waals surface area contributed by atoms with Gasteiger partial charge in [0.2, 0.25) is 11.8 Å². The van der Waals surface area contributed by atoms with E-state index in [1.165, 1.54) is 0 Å². The summed E-state index contributed by atoms with van der Waals surface area (Å²) >= 11 is 0. The third-order valence-corrected chi connectivity index (χ3v) is 4.32. The minimum atomic E-state index is 0.272. The molecule has 120 valence electrons. The Kier molecular flexibility index (Phi) is 7.00. The molecule has 2 saturated heterocycles. The monoisotopic (exact) mass is 296 g/mol. The highest BCUT2D eigenvalue weighted by atomic mass is 16.5. The van der Waals surface area contributed by atoms with E-state index in [4.69, 9.17) is 4.74 Å². The van der Waals surface area contributed by atoms with Crippen LogP contribution in [0.2, 0.25) is 0 Å². The van der Waals surface area contributed by atoms with Crippen molar-refractivity contribution in [2.24, 2.45) is 0 Å². The lowest BCUT2D eigenvalue weighted by molar-refractivity contribution is -0.134. The fraction of sp³-hybridized carbons (Fsp3) is 0.875. The van der Waals surface area contributed by atoms with Crippen LogP contribution < -0.4 is 0 Å². The molecule has 2 rings (SSSR count). The number of carbonyl (C=O) groups is 2. The number of piperidine rings is 2. The summed E-state index contributed by atoms with van der Waals surface area (Å²) in [7, 11) is 0. The highest BCUT2D eigenvalue weighted by molar-refractivity contribution is 5.77. The molecule has 5 heteroatoms. The van der Waals surface area contributed by atoms with E-state index < -0.39 is 0 Å². The van der Waals surface area contributed by atoms with E-state index in [-0.39, 0.29) is 5.91 Å². The average Bonchev–Trinajstić information content (AvgIpc) is 2.50. The molecule has 2 amide bonds. The quantitative estimate of drug-likeness (QED) is 0.642. The molecule has 0 N–H and O–H groups in total. The highest BCUT2D eigenvalue weighted by Crippen LogP contribution is 2.11. The van der Waals surface area contributed by atoms with Gasteiger partial charge in [-0.15, -0.1) is 0 Å². The number of unbranched alkanes of at least 4 members (excludes halogenated alkanes) is 1. The molecule has 0 saturated carbocycles. The summed E-state index contributed by atoms with van der Waals surface area (Å²) in [6.45, 7) is 4.77. The second-order valence-electron chi connectivity index (χ2n) is 6.00. The first kappa shape index (κ1) is 16.3. The van der Waals surface area contributed by atoms with Gasteiger partial charge in [0.1, 0.15) is 0 Å². The van der Waals surface area contributed by atoms with Gasteiger partial charge in [-0.3, -0.25) is 9.59 Å². The predicted octanol–water partition coefficient (Wildman–Crippen LogP) is 1.81. The fourth-order valence-corrected chi connectivity index (χ4v) is 2.98. The van der Waals surface area contributed by atoms with Gasteiger partial charge < -0.3 is 14.5 Å². The van der Waals surface area contributed by atoms with Crippen LogP contribution in [0.25, 0.3) is 0 Å². The van der Waals surface area contributed by atoms with Gasteiger partial charge >= 0.3 is 0 Å². The Labute approximate surface area is 127 Å². The van der Waals surface area contributed by atoms with Gasteiger partial charge in [-0.2, -0.15) is 0 Å². The number of carbonyl (C=O) groups excluding carboxylic acids is 2. The smallest absolute Gasteiger partial charge is 0.222 e. The zero-order valence-electron chi connectivity index (χ0n) is 13.0. The van der Waals surface area contributed by atoms with Crippen molar-refractivity contribution >= 4 is 11.8 Å². The third-order valence-electron chi connectivity index (χ3n) is 4.32. The van der Waals surface area contributed by atoms with Crippen LogP contribution in [0.5, 0.6) is 0 Å². The van der Waals surface area contributed by atoms with Crippen molar-refractivity contribution in [3.63, 3.8) is 0 Å². The number of ether oxygens (including phenoxy) is 1. The molecule has 0 radical (unpaired) electrons. The number of likely N-dealkylation sites (tertiary alicyclic amines) is 2. The molecule has 5 nitrogen and oxygen atoms in total. The Hall–Kier alpha value is -1.10. The van der Waals surface area contributed by atoms with Gasteiger partial charge in [0.05, 0.1) is 6.61 Å². The summed E-state index contributed by atoms with van der Waals surface area (Å²) in [4.78, 5) is 27.1. The van der Waals surface area contributed by atoms with E-state index in [0.29, 0.717) is 18.9 Å². The first-order valence-electron chi connectivity index (χ1n) is 8.40. The summed E-state index contributed by atoms with van der Waals surface area (Å²) < 4.78 is 5.60. The van der Waals surface area contributed by atoms with Crippen molar-refractivity contribution in [1.82, 2.24) is 9.80 Å². The molecule has 0 spiro atoms. The lowest BCUT2D eigenvalue weighted by Gasteiger charge is -2.27. The summed E-state index contributed by atoms with van der Waals surface area (Å²) in [5.74, 6) is 0.583. The average molecular weight is 296 g/mol. The molecule has 21 heavy (non-hydrogen) atoms. The minimum Gasteiger partial charge on any atom is -0.380 e. The molecular formula is C16H28N2O3. The van der Waals surface area contributed by atoms with Crippen molar-refractivity contribution in [1.29, 1.82) is 0 Å².